The van der Waals surface area contributed by atoms with Gasteiger partial charge in [0.05, 0.1) is 4.90 Å². The normalized spacial score (nSPS) is 24.7. The second-order valence-corrected chi connectivity index (χ2v) is 9.13. The Morgan fingerprint density at radius 3 is 2.72 bits per heavy atom. The van der Waals surface area contributed by atoms with Gasteiger partial charge in [-0.1, -0.05) is 23.8 Å². The van der Waals surface area contributed by atoms with Gasteiger partial charge in [0.1, 0.15) is 0 Å². The predicted octanol–water partition coefficient (Wildman–Crippen LogP) is 2.41. The molecular weight excluding hydrogens is 358 g/mol. The maximum Gasteiger partial charge on any atom is 0.243 e. The highest BCUT2D eigenvalue weighted by atomic mass is 35.5. The molecule has 1 unspecified atom stereocenters. The zero-order valence-electron chi connectivity index (χ0n) is 14.0. The van der Waals surface area contributed by atoms with Crippen LogP contribution >= 0.6 is 11.6 Å². The lowest BCUT2D eigenvalue weighted by Gasteiger charge is -2.38. The van der Waals surface area contributed by atoms with E-state index in [1.54, 1.807) is 10.4 Å². The van der Waals surface area contributed by atoms with Crippen LogP contribution in [0.3, 0.4) is 0 Å². The van der Waals surface area contributed by atoms with E-state index in [1.165, 1.54) is 0 Å². The highest BCUT2D eigenvalue weighted by Crippen LogP contribution is 2.28. The highest BCUT2D eigenvalue weighted by molar-refractivity contribution is 7.89. The van der Waals surface area contributed by atoms with Gasteiger partial charge in [-0.15, -0.1) is 0 Å². The molecule has 0 aromatic heterocycles. The first-order chi connectivity index (χ1) is 12.0. The number of benzene rings is 1. The van der Waals surface area contributed by atoms with Crippen molar-refractivity contribution >= 4 is 27.3 Å². The van der Waals surface area contributed by atoms with Crippen LogP contribution in [0, 0.1) is 0 Å². The highest BCUT2D eigenvalue weighted by Gasteiger charge is 2.31. The molecule has 2 heterocycles. The number of sulfonamides is 1. The van der Waals surface area contributed by atoms with Crippen molar-refractivity contribution in [2.45, 2.75) is 23.8 Å². The Bertz CT molecular complexity index is 827. The molecule has 0 amide bonds. The summed E-state index contributed by atoms with van der Waals surface area (Å²) in [6, 6.07) is 5.69. The lowest BCUT2D eigenvalue weighted by atomic mass is 10.1. The van der Waals surface area contributed by atoms with E-state index in [4.69, 9.17) is 11.6 Å². The first-order valence-electron chi connectivity index (χ1n) is 8.68. The summed E-state index contributed by atoms with van der Waals surface area (Å²) >= 11 is 6.13. The molecule has 7 heteroatoms. The fraction of sp³-hybridized carbons (Fsp3) is 0.444. The smallest absolute Gasteiger partial charge is 0.243 e. The standard InChI is InChI=1S/C18H22ClN3O2S/c19-15-2-1-3-16(13-15)21-8-10-22(11-9-21)25(23,24)17-4-5-18-14(12-17)6-7-20-18/h1-5,12,16,20H,6-11,13H2. The third-order valence-corrected chi connectivity index (χ3v) is 7.36. The molecule has 25 heavy (non-hydrogen) atoms. The molecule has 1 N–H and O–H groups in total. The van der Waals surface area contributed by atoms with Gasteiger partial charge in [-0.2, -0.15) is 4.31 Å². The molecule has 1 fully saturated rings. The zero-order chi connectivity index (χ0) is 17.4. The van der Waals surface area contributed by atoms with Crippen LogP contribution in [0.1, 0.15) is 12.0 Å². The minimum absolute atomic E-state index is 0.272. The summed E-state index contributed by atoms with van der Waals surface area (Å²) in [6.07, 6.45) is 7.74. The van der Waals surface area contributed by atoms with Gasteiger partial charge >= 0.3 is 0 Å². The third-order valence-electron chi connectivity index (χ3n) is 5.18. The minimum atomic E-state index is -3.43. The van der Waals surface area contributed by atoms with Crippen LogP contribution in [0.4, 0.5) is 5.69 Å². The predicted molar refractivity (Wildman–Crippen MR) is 100 cm³/mol. The Morgan fingerprint density at radius 2 is 1.96 bits per heavy atom. The molecule has 0 radical (unpaired) electrons. The van der Waals surface area contributed by atoms with Gasteiger partial charge in [0.2, 0.25) is 10.0 Å². The number of anilines is 1. The molecule has 1 aromatic rings. The summed E-state index contributed by atoms with van der Waals surface area (Å²) in [5, 5.41) is 4.12. The summed E-state index contributed by atoms with van der Waals surface area (Å²) in [4.78, 5) is 2.72. The number of fused-ring (bicyclic) bond motifs is 1. The number of halogens is 1. The summed E-state index contributed by atoms with van der Waals surface area (Å²) in [7, 11) is -3.43. The van der Waals surface area contributed by atoms with Gasteiger partial charge in [-0.3, -0.25) is 4.90 Å². The largest absolute Gasteiger partial charge is 0.384 e. The van der Waals surface area contributed by atoms with Crippen LogP contribution in [0.2, 0.25) is 0 Å². The second-order valence-electron chi connectivity index (χ2n) is 6.71. The maximum atomic E-state index is 13.0. The molecule has 1 aromatic carbocycles. The van der Waals surface area contributed by atoms with Crippen molar-refractivity contribution < 1.29 is 8.42 Å². The molecule has 5 nitrogen and oxygen atoms in total. The molecule has 0 bridgehead atoms. The molecule has 1 atom stereocenters. The number of hydrogen-bond donors (Lipinski definition) is 1. The van der Waals surface area contributed by atoms with Crippen LogP contribution in [0.25, 0.3) is 0 Å². The van der Waals surface area contributed by atoms with Crippen molar-refractivity contribution in [3.8, 4) is 0 Å². The Morgan fingerprint density at radius 1 is 1.16 bits per heavy atom. The summed E-state index contributed by atoms with van der Waals surface area (Å²) in [5.41, 5.74) is 2.14. The van der Waals surface area contributed by atoms with Crippen molar-refractivity contribution in [3.05, 3.63) is 47.0 Å². The SMILES string of the molecule is O=S(=O)(c1ccc2c(c1)CCN2)N1CCN(C2C=CC=C(Cl)C2)CC1. The van der Waals surface area contributed by atoms with Gasteiger partial charge < -0.3 is 5.32 Å². The second kappa shape index (κ2) is 6.76. The van der Waals surface area contributed by atoms with Gasteiger partial charge in [0, 0.05) is 55.9 Å². The van der Waals surface area contributed by atoms with E-state index in [9.17, 15) is 8.42 Å². The first-order valence-corrected chi connectivity index (χ1v) is 10.5. The van der Waals surface area contributed by atoms with Crippen LogP contribution < -0.4 is 5.32 Å². The maximum absolute atomic E-state index is 13.0. The topological polar surface area (TPSA) is 52.7 Å². The van der Waals surface area contributed by atoms with Crippen molar-refractivity contribution in [1.29, 1.82) is 0 Å². The van der Waals surface area contributed by atoms with E-state index in [0.29, 0.717) is 18.0 Å². The third kappa shape index (κ3) is 3.36. The molecule has 2 aliphatic heterocycles. The van der Waals surface area contributed by atoms with E-state index in [1.807, 2.05) is 24.3 Å². The number of hydrogen-bond acceptors (Lipinski definition) is 4. The van der Waals surface area contributed by atoms with Gasteiger partial charge in [-0.05, 0) is 36.3 Å². The number of rotatable bonds is 3. The van der Waals surface area contributed by atoms with E-state index in [-0.39, 0.29) is 6.04 Å². The van der Waals surface area contributed by atoms with E-state index >= 15 is 0 Å². The van der Waals surface area contributed by atoms with Gasteiger partial charge in [0.15, 0.2) is 0 Å². The zero-order valence-corrected chi connectivity index (χ0v) is 15.6. The Hall–Kier alpha value is -1.34. The van der Waals surface area contributed by atoms with E-state index in [2.05, 4.69) is 16.3 Å². The van der Waals surface area contributed by atoms with Crippen LogP contribution in [-0.4, -0.2) is 56.4 Å². The fourth-order valence-electron chi connectivity index (χ4n) is 3.74. The Kier molecular flexibility index (Phi) is 4.62. The summed E-state index contributed by atoms with van der Waals surface area (Å²) in [5.74, 6) is 0. The van der Waals surface area contributed by atoms with Gasteiger partial charge in [0.25, 0.3) is 0 Å². The molecule has 3 aliphatic rings. The van der Waals surface area contributed by atoms with Crippen LogP contribution in [0.5, 0.6) is 0 Å². The van der Waals surface area contributed by atoms with Crippen LogP contribution in [0.15, 0.2) is 46.4 Å². The van der Waals surface area contributed by atoms with E-state index in [0.717, 1.165) is 48.8 Å². The molecular formula is C18H22ClN3O2S. The summed E-state index contributed by atoms with van der Waals surface area (Å²) < 4.78 is 27.5. The Labute approximate surface area is 154 Å². The fourth-order valence-corrected chi connectivity index (χ4v) is 5.45. The van der Waals surface area contributed by atoms with Crippen molar-refractivity contribution in [2.75, 3.05) is 38.0 Å². The van der Waals surface area contributed by atoms with Crippen molar-refractivity contribution in [1.82, 2.24) is 9.21 Å². The molecule has 1 aliphatic carbocycles. The first kappa shape index (κ1) is 17.1. The quantitative estimate of drug-likeness (QED) is 0.876. The lowest BCUT2D eigenvalue weighted by Crippen LogP contribution is -2.51. The number of nitrogens with one attached hydrogen (secondary N) is 1. The lowest BCUT2D eigenvalue weighted by molar-refractivity contribution is 0.158. The average molecular weight is 380 g/mol. The van der Waals surface area contributed by atoms with Crippen molar-refractivity contribution in [3.63, 3.8) is 0 Å². The molecule has 0 saturated carbocycles. The molecule has 1 saturated heterocycles. The summed E-state index contributed by atoms with van der Waals surface area (Å²) in [6.45, 7) is 3.37. The van der Waals surface area contributed by atoms with E-state index < -0.39 is 10.0 Å². The molecule has 0 spiro atoms. The number of piperazine rings is 1. The van der Waals surface area contributed by atoms with Gasteiger partial charge in [-0.25, -0.2) is 8.42 Å². The molecule has 4 rings (SSSR count). The number of nitrogens with zero attached hydrogens (tertiary/aromatic N) is 2. The Balaban J connectivity index is 1.45. The van der Waals surface area contributed by atoms with Crippen LogP contribution in [-0.2, 0) is 16.4 Å². The van der Waals surface area contributed by atoms with Crippen molar-refractivity contribution in [2.24, 2.45) is 0 Å². The minimum Gasteiger partial charge on any atom is -0.384 e. The molecule has 134 valence electrons. The average Bonchev–Trinajstić information content (AvgIpc) is 3.09. The monoisotopic (exact) mass is 379 g/mol. The number of allylic oxidation sites excluding steroid dienone is 2.